The van der Waals surface area contributed by atoms with Crippen molar-refractivity contribution in [2.75, 3.05) is 6.54 Å². The van der Waals surface area contributed by atoms with Gasteiger partial charge in [0.05, 0.1) is 6.54 Å². The maximum Gasteiger partial charge on any atom is 0.242 e. The number of piperidine rings is 1. The maximum atomic E-state index is 13.8. The summed E-state index contributed by atoms with van der Waals surface area (Å²) in [5.74, 6) is -2.87. The van der Waals surface area contributed by atoms with Gasteiger partial charge in [0.25, 0.3) is 0 Å². The topological polar surface area (TPSA) is 49.4 Å². The van der Waals surface area contributed by atoms with Gasteiger partial charge in [-0.15, -0.1) is 0 Å². The van der Waals surface area contributed by atoms with Crippen LogP contribution >= 0.6 is 0 Å². The molecule has 1 N–H and O–H groups in total. The van der Waals surface area contributed by atoms with Crippen LogP contribution in [0.2, 0.25) is 0 Å². The SMILES string of the molecule is CC(=O)NCC(=O)N1C2CCC1CC(CCc1cc(F)c(F)cc1F)C2. The lowest BCUT2D eigenvalue weighted by Crippen LogP contribution is -2.50. The van der Waals surface area contributed by atoms with Crippen molar-refractivity contribution in [2.45, 2.75) is 57.5 Å². The average molecular weight is 368 g/mol. The molecule has 1 aromatic rings. The molecule has 142 valence electrons. The molecule has 0 aromatic heterocycles. The Hall–Kier alpha value is -2.05. The third kappa shape index (κ3) is 4.02. The molecule has 2 aliphatic rings. The Morgan fingerprint density at radius 3 is 2.31 bits per heavy atom. The van der Waals surface area contributed by atoms with Crippen LogP contribution in [0.5, 0.6) is 0 Å². The number of carbonyl (C=O) groups excluding carboxylic acids is 2. The van der Waals surface area contributed by atoms with Crippen molar-refractivity contribution in [2.24, 2.45) is 5.92 Å². The standard InChI is InChI=1S/C19H23F3N2O2/c1-11(25)23-10-19(26)24-14-4-5-15(24)7-12(6-14)2-3-13-8-17(21)18(22)9-16(13)20/h8-9,12,14-15H,2-7,10H2,1H3,(H,23,25). The van der Waals surface area contributed by atoms with Crippen molar-refractivity contribution < 1.29 is 22.8 Å². The smallest absolute Gasteiger partial charge is 0.242 e. The summed E-state index contributed by atoms with van der Waals surface area (Å²) in [6.07, 6.45) is 4.57. The van der Waals surface area contributed by atoms with E-state index in [0.717, 1.165) is 31.7 Å². The zero-order valence-corrected chi connectivity index (χ0v) is 14.7. The maximum absolute atomic E-state index is 13.8. The lowest BCUT2D eigenvalue weighted by Gasteiger charge is -2.39. The fourth-order valence-electron chi connectivity index (χ4n) is 4.34. The number of rotatable bonds is 5. The molecule has 4 nitrogen and oxygen atoms in total. The Morgan fingerprint density at radius 1 is 1.08 bits per heavy atom. The highest BCUT2D eigenvalue weighted by molar-refractivity contribution is 5.84. The quantitative estimate of drug-likeness (QED) is 0.813. The van der Waals surface area contributed by atoms with Crippen LogP contribution in [0.3, 0.4) is 0 Å². The second kappa shape index (κ2) is 7.68. The van der Waals surface area contributed by atoms with Crippen molar-refractivity contribution in [1.82, 2.24) is 10.2 Å². The number of benzene rings is 1. The summed E-state index contributed by atoms with van der Waals surface area (Å²) in [4.78, 5) is 25.2. The zero-order valence-electron chi connectivity index (χ0n) is 14.7. The van der Waals surface area contributed by atoms with Gasteiger partial charge in [0.15, 0.2) is 11.6 Å². The summed E-state index contributed by atoms with van der Waals surface area (Å²) in [5, 5.41) is 2.55. The number of fused-ring (bicyclic) bond motifs is 2. The van der Waals surface area contributed by atoms with Crippen molar-refractivity contribution in [3.8, 4) is 0 Å². The van der Waals surface area contributed by atoms with Gasteiger partial charge in [-0.2, -0.15) is 0 Å². The normalized spacial score (nSPS) is 24.6. The van der Waals surface area contributed by atoms with E-state index in [1.807, 2.05) is 4.90 Å². The molecule has 2 fully saturated rings. The van der Waals surface area contributed by atoms with Crippen LogP contribution in [0, 0.1) is 23.4 Å². The lowest BCUT2D eigenvalue weighted by molar-refractivity contribution is -0.137. The second-order valence-electron chi connectivity index (χ2n) is 7.33. The third-order valence-electron chi connectivity index (χ3n) is 5.52. The molecule has 2 unspecified atom stereocenters. The number of aryl methyl sites for hydroxylation is 1. The summed E-state index contributed by atoms with van der Waals surface area (Å²) in [5.41, 5.74) is 0.195. The zero-order chi connectivity index (χ0) is 18.8. The molecule has 0 saturated carbocycles. The molecular formula is C19H23F3N2O2. The first-order chi connectivity index (χ1) is 12.3. The highest BCUT2D eigenvalue weighted by Gasteiger charge is 2.42. The van der Waals surface area contributed by atoms with Gasteiger partial charge < -0.3 is 10.2 Å². The first kappa shape index (κ1) is 18.7. The molecular weight excluding hydrogens is 345 g/mol. The van der Waals surface area contributed by atoms with E-state index < -0.39 is 17.5 Å². The first-order valence-corrected chi connectivity index (χ1v) is 9.04. The van der Waals surface area contributed by atoms with Gasteiger partial charge in [-0.05, 0) is 56.1 Å². The van der Waals surface area contributed by atoms with E-state index in [1.165, 1.54) is 6.92 Å². The molecule has 2 amide bonds. The number of hydrogen-bond acceptors (Lipinski definition) is 2. The number of nitrogens with zero attached hydrogens (tertiary/aromatic N) is 1. The molecule has 2 saturated heterocycles. The lowest BCUT2D eigenvalue weighted by atomic mass is 9.86. The van der Waals surface area contributed by atoms with E-state index in [9.17, 15) is 22.8 Å². The number of halogens is 3. The van der Waals surface area contributed by atoms with Crippen LogP contribution in [0.1, 0.15) is 44.6 Å². The monoisotopic (exact) mass is 368 g/mol. The van der Waals surface area contributed by atoms with Crippen LogP contribution in [0.25, 0.3) is 0 Å². The molecule has 2 aliphatic heterocycles. The van der Waals surface area contributed by atoms with Gasteiger partial charge >= 0.3 is 0 Å². The summed E-state index contributed by atoms with van der Waals surface area (Å²) in [7, 11) is 0. The van der Waals surface area contributed by atoms with Gasteiger partial charge in [-0.1, -0.05) is 0 Å². The van der Waals surface area contributed by atoms with Crippen LogP contribution in [-0.2, 0) is 16.0 Å². The Labute approximate surface area is 150 Å². The first-order valence-electron chi connectivity index (χ1n) is 9.04. The van der Waals surface area contributed by atoms with E-state index in [1.54, 1.807) is 0 Å². The minimum atomic E-state index is -1.17. The molecule has 3 rings (SSSR count). The minimum absolute atomic E-state index is 0.0209. The minimum Gasteiger partial charge on any atom is -0.347 e. The molecule has 2 atom stereocenters. The fourth-order valence-corrected chi connectivity index (χ4v) is 4.34. The molecule has 1 aromatic carbocycles. The number of carbonyl (C=O) groups is 2. The van der Waals surface area contributed by atoms with E-state index in [4.69, 9.17) is 0 Å². The molecule has 0 aliphatic carbocycles. The Balaban J connectivity index is 1.57. The summed E-state index contributed by atoms with van der Waals surface area (Å²) in [6.45, 7) is 1.40. The van der Waals surface area contributed by atoms with Crippen molar-refractivity contribution in [1.29, 1.82) is 0 Å². The highest BCUT2D eigenvalue weighted by Crippen LogP contribution is 2.40. The molecule has 0 radical (unpaired) electrons. The summed E-state index contributed by atoms with van der Waals surface area (Å²) >= 11 is 0. The van der Waals surface area contributed by atoms with Crippen molar-refractivity contribution in [3.63, 3.8) is 0 Å². The Bertz CT molecular complexity index is 696. The van der Waals surface area contributed by atoms with Crippen LogP contribution in [-0.4, -0.2) is 35.3 Å². The Kier molecular flexibility index (Phi) is 5.53. The number of hydrogen-bond donors (Lipinski definition) is 1. The van der Waals surface area contributed by atoms with Gasteiger partial charge in [0.2, 0.25) is 11.8 Å². The molecule has 7 heteroatoms. The Morgan fingerprint density at radius 2 is 1.69 bits per heavy atom. The highest BCUT2D eigenvalue weighted by atomic mass is 19.2. The molecule has 2 bridgehead atoms. The van der Waals surface area contributed by atoms with E-state index in [0.29, 0.717) is 24.8 Å². The van der Waals surface area contributed by atoms with Gasteiger partial charge in [0.1, 0.15) is 5.82 Å². The predicted octanol–water partition coefficient (Wildman–Crippen LogP) is 2.94. The number of amides is 2. The van der Waals surface area contributed by atoms with Gasteiger partial charge in [-0.25, -0.2) is 13.2 Å². The molecule has 0 spiro atoms. The average Bonchev–Trinajstić information content (AvgIpc) is 2.85. The van der Waals surface area contributed by atoms with Crippen LogP contribution < -0.4 is 5.32 Å². The predicted molar refractivity (Wildman–Crippen MR) is 89.7 cm³/mol. The van der Waals surface area contributed by atoms with Crippen LogP contribution in [0.4, 0.5) is 13.2 Å². The van der Waals surface area contributed by atoms with E-state index in [2.05, 4.69) is 5.32 Å². The van der Waals surface area contributed by atoms with Gasteiger partial charge in [-0.3, -0.25) is 9.59 Å². The van der Waals surface area contributed by atoms with Crippen molar-refractivity contribution in [3.05, 3.63) is 35.1 Å². The largest absolute Gasteiger partial charge is 0.347 e. The van der Waals surface area contributed by atoms with Gasteiger partial charge in [0, 0.05) is 25.1 Å². The molecule has 2 heterocycles. The third-order valence-corrected chi connectivity index (χ3v) is 5.52. The van der Waals surface area contributed by atoms with E-state index in [-0.39, 0.29) is 36.0 Å². The summed E-state index contributed by atoms with van der Waals surface area (Å²) < 4.78 is 40.1. The molecule has 26 heavy (non-hydrogen) atoms. The van der Waals surface area contributed by atoms with Crippen LogP contribution in [0.15, 0.2) is 12.1 Å². The fraction of sp³-hybridized carbons (Fsp3) is 0.579. The number of nitrogens with one attached hydrogen (secondary N) is 1. The van der Waals surface area contributed by atoms with Crippen molar-refractivity contribution >= 4 is 11.8 Å². The summed E-state index contributed by atoms with van der Waals surface area (Å²) in [6, 6.07) is 1.83. The van der Waals surface area contributed by atoms with E-state index >= 15 is 0 Å². The second-order valence-corrected chi connectivity index (χ2v) is 7.33.